The van der Waals surface area contributed by atoms with Crippen molar-refractivity contribution in [1.82, 2.24) is 25.1 Å². The number of fused-ring (bicyclic) bond motifs is 3. The molecule has 3 saturated carbocycles. The summed E-state index contributed by atoms with van der Waals surface area (Å²) < 4.78 is 15.9. The SMILES string of the molecule is CC(C)[C@@H](C)[C@@]1(C)CC[C@]2(C)[C@H]3CC[C@@H]4[C@@]5(COC[C@@]4(C)[C@@H](OC[C@](C)(C(C)C)N(C)C)[C@H](n4cnnn4)C5)C3=CC[C@@]2(C)[C@@H]1C(=O)O. The molecule has 270 valence electrons. The number of carboxylic acid groups (broad SMARTS) is 1. The van der Waals surface area contributed by atoms with Gasteiger partial charge in [-0.15, -0.1) is 5.10 Å². The van der Waals surface area contributed by atoms with Crippen molar-refractivity contribution < 1.29 is 19.4 Å². The summed E-state index contributed by atoms with van der Waals surface area (Å²) in [6, 6.07) is -0.0298. The molecule has 0 amide bonds. The maximum absolute atomic E-state index is 13.4. The number of carboxylic acids is 1. The number of tetrazole rings is 1. The van der Waals surface area contributed by atoms with Crippen molar-refractivity contribution >= 4 is 5.97 Å². The van der Waals surface area contributed by atoms with Gasteiger partial charge in [-0.25, -0.2) is 4.68 Å². The summed E-state index contributed by atoms with van der Waals surface area (Å²) in [5.74, 6) is 0.883. The molecular formula is C39H65N5O4. The zero-order chi connectivity index (χ0) is 35.2. The molecule has 2 bridgehead atoms. The van der Waals surface area contributed by atoms with Crippen molar-refractivity contribution in [2.24, 2.45) is 62.6 Å². The molecule has 5 aliphatic rings. The van der Waals surface area contributed by atoms with Crippen molar-refractivity contribution in [3.8, 4) is 0 Å². The van der Waals surface area contributed by atoms with E-state index in [1.165, 1.54) is 5.57 Å². The summed E-state index contributed by atoms with van der Waals surface area (Å²) >= 11 is 0. The first-order valence-corrected chi connectivity index (χ1v) is 18.9. The summed E-state index contributed by atoms with van der Waals surface area (Å²) in [5.41, 5.74) is 0.305. The van der Waals surface area contributed by atoms with E-state index in [4.69, 9.17) is 9.47 Å². The van der Waals surface area contributed by atoms with Gasteiger partial charge in [0, 0.05) is 16.4 Å². The van der Waals surface area contributed by atoms with Gasteiger partial charge >= 0.3 is 5.97 Å². The Labute approximate surface area is 290 Å². The van der Waals surface area contributed by atoms with Crippen LogP contribution in [0.15, 0.2) is 18.0 Å². The predicted molar refractivity (Wildman–Crippen MR) is 187 cm³/mol. The van der Waals surface area contributed by atoms with Crippen LogP contribution in [-0.2, 0) is 14.3 Å². The number of aliphatic carboxylic acids is 1. The molecule has 0 spiro atoms. The van der Waals surface area contributed by atoms with E-state index in [9.17, 15) is 9.90 Å². The molecule has 48 heavy (non-hydrogen) atoms. The smallest absolute Gasteiger partial charge is 0.307 e. The summed E-state index contributed by atoms with van der Waals surface area (Å²) in [7, 11) is 4.30. The first kappa shape index (κ1) is 36.0. The van der Waals surface area contributed by atoms with Gasteiger partial charge in [-0.1, -0.05) is 74.0 Å². The molecule has 0 unspecified atom stereocenters. The number of hydrogen-bond acceptors (Lipinski definition) is 7. The molecule has 2 heterocycles. The van der Waals surface area contributed by atoms with Crippen LogP contribution in [0.1, 0.15) is 114 Å². The Morgan fingerprint density at radius 2 is 1.81 bits per heavy atom. The fraction of sp³-hybridized carbons (Fsp3) is 0.897. The van der Waals surface area contributed by atoms with Gasteiger partial charge in [-0.05, 0) is 116 Å². The van der Waals surface area contributed by atoms with Gasteiger partial charge in [-0.3, -0.25) is 4.79 Å². The highest BCUT2D eigenvalue weighted by molar-refractivity contribution is 5.73. The number of nitrogens with zero attached hydrogens (tertiary/aromatic N) is 5. The van der Waals surface area contributed by atoms with Gasteiger partial charge in [0.1, 0.15) is 6.33 Å². The van der Waals surface area contributed by atoms with E-state index in [-0.39, 0.29) is 44.8 Å². The maximum atomic E-state index is 13.4. The molecule has 0 aromatic carbocycles. The molecule has 9 nitrogen and oxygen atoms in total. The van der Waals surface area contributed by atoms with Gasteiger partial charge in [-0.2, -0.15) is 0 Å². The quantitative estimate of drug-likeness (QED) is 0.277. The Balaban J connectivity index is 1.43. The average molecular weight is 668 g/mol. The van der Waals surface area contributed by atoms with Crippen LogP contribution in [0.25, 0.3) is 0 Å². The number of hydrogen-bond donors (Lipinski definition) is 1. The standard InChI is InChI=1S/C39H65N5O4/c1-24(2)26(5)34(6)17-18-36(8)27-13-14-30-35(7)20-47-22-39(30,28(27)15-16-37(36,9)31(34)33(45)46)19-29(44-23-40-41-42-44)32(35)48-21-38(10,25(3)4)43(11)12/h15,23-27,29-32H,13-14,16-22H2,1-12H3,(H,45,46)/t26-,27+,29-,30+,31-,32+,34-,35-,36-,37+,38-,39+/m1/s1. The van der Waals surface area contributed by atoms with Gasteiger partial charge in [0.25, 0.3) is 0 Å². The van der Waals surface area contributed by atoms with Crippen LogP contribution in [0, 0.1) is 62.6 Å². The number of rotatable bonds is 9. The molecule has 0 radical (unpaired) electrons. The largest absolute Gasteiger partial charge is 0.481 e. The second-order valence-corrected chi connectivity index (χ2v) is 19.0. The lowest BCUT2D eigenvalue weighted by Crippen LogP contribution is -2.69. The lowest BCUT2D eigenvalue weighted by molar-refractivity contribution is -0.255. The molecule has 4 fully saturated rings. The Bertz CT molecular complexity index is 1390. The van der Waals surface area contributed by atoms with Crippen LogP contribution >= 0.6 is 0 Å². The average Bonchev–Trinajstić information content (AvgIpc) is 3.55. The van der Waals surface area contributed by atoms with Crippen LogP contribution in [0.5, 0.6) is 0 Å². The van der Waals surface area contributed by atoms with E-state index in [1.807, 2.05) is 4.68 Å². The minimum atomic E-state index is -0.613. The highest BCUT2D eigenvalue weighted by Gasteiger charge is 2.72. The van der Waals surface area contributed by atoms with Crippen molar-refractivity contribution in [1.29, 1.82) is 0 Å². The molecule has 1 aliphatic heterocycles. The summed E-state index contributed by atoms with van der Waals surface area (Å²) in [6.07, 6.45) is 10.0. The molecule has 9 heteroatoms. The summed E-state index contributed by atoms with van der Waals surface area (Å²) in [6.45, 7) is 25.1. The Hall–Kier alpha value is -1.84. The third-order valence-electron chi connectivity index (χ3n) is 16.6. The minimum absolute atomic E-state index is 0.0298. The van der Waals surface area contributed by atoms with Crippen LogP contribution in [-0.4, -0.2) is 81.7 Å². The second kappa shape index (κ2) is 11.9. The molecule has 1 aromatic rings. The van der Waals surface area contributed by atoms with Crippen LogP contribution < -0.4 is 0 Å². The lowest BCUT2D eigenvalue weighted by atomic mass is 9.34. The third kappa shape index (κ3) is 4.78. The molecule has 1 N–H and O–H groups in total. The first-order chi connectivity index (χ1) is 22.3. The number of aromatic nitrogens is 4. The van der Waals surface area contributed by atoms with Gasteiger partial charge < -0.3 is 19.5 Å². The van der Waals surface area contributed by atoms with Crippen molar-refractivity contribution in [2.75, 3.05) is 33.9 Å². The molecule has 6 rings (SSSR count). The zero-order valence-electron chi connectivity index (χ0n) is 32.0. The molecule has 4 aliphatic carbocycles. The van der Waals surface area contributed by atoms with Gasteiger partial charge in [0.05, 0.1) is 37.9 Å². The number of likely N-dealkylation sites (N-methyl/N-ethyl adjacent to an activating group) is 1. The minimum Gasteiger partial charge on any atom is -0.481 e. The molecule has 1 aromatic heterocycles. The fourth-order valence-corrected chi connectivity index (χ4v) is 12.5. The summed E-state index contributed by atoms with van der Waals surface area (Å²) in [5, 5.41) is 23.8. The van der Waals surface area contributed by atoms with Crippen LogP contribution in [0.4, 0.5) is 0 Å². The van der Waals surface area contributed by atoms with E-state index >= 15 is 0 Å². The first-order valence-electron chi connectivity index (χ1n) is 18.9. The Morgan fingerprint density at radius 3 is 2.40 bits per heavy atom. The summed E-state index contributed by atoms with van der Waals surface area (Å²) in [4.78, 5) is 15.7. The number of allylic oxidation sites excluding steroid dienone is 1. The zero-order valence-corrected chi connectivity index (χ0v) is 32.0. The molecule has 12 atom stereocenters. The van der Waals surface area contributed by atoms with E-state index in [2.05, 4.69) is 110 Å². The van der Waals surface area contributed by atoms with Crippen LogP contribution in [0.3, 0.4) is 0 Å². The maximum Gasteiger partial charge on any atom is 0.307 e. The van der Waals surface area contributed by atoms with Crippen molar-refractivity contribution in [3.63, 3.8) is 0 Å². The Morgan fingerprint density at radius 1 is 1.10 bits per heavy atom. The number of ether oxygens (including phenoxy) is 2. The van der Waals surface area contributed by atoms with E-state index < -0.39 is 11.9 Å². The van der Waals surface area contributed by atoms with Crippen molar-refractivity contribution in [2.45, 2.75) is 125 Å². The highest BCUT2D eigenvalue weighted by Crippen LogP contribution is 2.75. The Kier molecular flexibility index (Phi) is 8.89. The lowest BCUT2D eigenvalue weighted by Gasteiger charge is -2.71. The molecule has 1 saturated heterocycles. The van der Waals surface area contributed by atoms with Gasteiger partial charge in [0.2, 0.25) is 0 Å². The fourth-order valence-electron chi connectivity index (χ4n) is 12.5. The topological polar surface area (TPSA) is 103 Å². The number of carbonyl (C=O) groups is 1. The predicted octanol–water partition coefficient (Wildman–Crippen LogP) is 7.16. The van der Waals surface area contributed by atoms with Gasteiger partial charge in [0.15, 0.2) is 0 Å². The second-order valence-electron chi connectivity index (χ2n) is 19.0. The highest BCUT2D eigenvalue weighted by atomic mass is 16.5. The van der Waals surface area contributed by atoms with E-state index in [1.54, 1.807) is 6.33 Å². The van der Waals surface area contributed by atoms with Crippen LogP contribution in [0.2, 0.25) is 0 Å². The monoisotopic (exact) mass is 668 g/mol. The molecular weight excluding hydrogens is 602 g/mol. The van der Waals surface area contributed by atoms with E-state index in [0.717, 1.165) is 38.5 Å². The van der Waals surface area contributed by atoms with E-state index in [0.29, 0.717) is 49.4 Å². The van der Waals surface area contributed by atoms with Crippen molar-refractivity contribution in [3.05, 3.63) is 18.0 Å². The third-order valence-corrected chi connectivity index (χ3v) is 16.6. The normalized spacial score (nSPS) is 44.4.